The highest BCUT2D eigenvalue weighted by Crippen LogP contribution is 2.31. The number of methoxy groups -OCH3 is 2. The number of hydrogen-bond acceptors (Lipinski definition) is 6. The van der Waals surface area contributed by atoms with Crippen LogP contribution in [0.15, 0.2) is 71.6 Å². The number of ether oxygens (including phenoxy) is 2. The van der Waals surface area contributed by atoms with Crippen molar-refractivity contribution in [3.63, 3.8) is 0 Å². The predicted octanol–water partition coefficient (Wildman–Crippen LogP) is 3.67. The van der Waals surface area contributed by atoms with E-state index >= 15 is 0 Å². The first kappa shape index (κ1) is 25.7. The summed E-state index contributed by atoms with van der Waals surface area (Å²) < 4.78 is 37.9. The van der Waals surface area contributed by atoms with Gasteiger partial charge in [0.2, 0.25) is 5.91 Å². The van der Waals surface area contributed by atoms with Crippen molar-refractivity contribution in [3.8, 4) is 5.75 Å². The van der Waals surface area contributed by atoms with Crippen molar-refractivity contribution in [1.29, 1.82) is 0 Å². The number of aryl methyl sites for hydroxylation is 1. The van der Waals surface area contributed by atoms with Gasteiger partial charge in [0, 0.05) is 31.1 Å². The van der Waals surface area contributed by atoms with E-state index in [4.69, 9.17) is 9.47 Å². The summed E-state index contributed by atoms with van der Waals surface area (Å²) in [6.07, 6.45) is 0. The Morgan fingerprint density at radius 1 is 0.914 bits per heavy atom. The van der Waals surface area contributed by atoms with E-state index in [1.54, 1.807) is 61.5 Å². The zero-order chi connectivity index (χ0) is 25.6. The molecular weight excluding hydrogens is 470 g/mol. The second-order valence-corrected chi connectivity index (χ2v) is 9.61. The summed E-state index contributed by atoms with van der Waals surface area (Å²) >= 11 is 0. The minimum absolute atomic E-state index is 0.0396. The molecule has 10 heteroatoms. The fourth-order valence-corrected chi connectivity index (χ4v) is 4.62. The molecule has 184 valence electrons. The van der Waals surface area contributed by atoms with Crippen LogP contribution in [0.1, 0.15) is 15.9 Å². The van der Waals surface area contributed by atoms with Gasteiger partial charge in [-0.05, 0) is 55.0 Å². The minimum atomic E-state index is -3.98. The smallest absolute Gasteiger partial charge is 0.264 e. The van der Waals surface area contributed by atoms with Crippen molar-refractivity contribution < 1.29 is 27.5 Å². The number of benzene rings is 3. The molecule has 0 bridgehead atoms. The molecule has 0 aliphatic rings. The van der Waals surface area contributed by atoms with Crippen LogP contribution in [0.3, 0.4) is 0 Å². The molecule has 0 aliphatic carbocycles. The van der Waals surface area contributed by atoms with Crippen LogP contribution < -0.4 is 19.7 Å². The fraction of sp³-hybridized carbons (Fsp3) is 0.200. The lowest BCUT2D eigenvalue weighted by atomic mass is 10.1. The van der Waals surface area contributed by atoms with Gasteiger partial charge in [-0.1, -0.05) is 24.3 Å². The molecule has 0 saturated heterocycles. The van der Waals surface area contributed by atoms with E-state index in [9.17, 15) is 18.0 Å². The van der Waals surface area contributed by atoms with Crippen molar-refractivity contribution in [3.05, 3.63) is 77.9 Å². The molecule has 2 N–H and O–H groups in total. The fourth-order valence-electron chi connectivity index (χ4n) is 3.39. The topological polar surface area (TPSA) is 114 Å². The zero-order valence-electron chi connectivity index (χ0n) is 19.9. The van der Waals surface area contributed by atoms with Crippen molar-refractivity contribution >= 4 is 38.9 Å². The molecule has 0 atom stereocenters. The number of carbonyl (C=O) groups excluding carboxylic acids is 2. The molecule has 0 heterocycles. The van der Waals surface area contributed by atoms with Gasteiger partial charge in [0.15, 0.2) is 0 Å². The van der Waals surface area contributed by atoms with Crippen LogP contribution >= 0.6 is 0 Å². The third-order valence-corrected chi connectivity index (χ3v) is 6.98. The van der Waals surface area contributed by atoms with Crippen LogP contribution in [0, 0.1) is 6.92 Å². The van der Waals surface area contributed by atoms with Crippen LogP contribution in [0.5, 0.6) is 5.75 Å². The lowest BCUT2D eigenvalue weighted by Gasteiger charge is -2.22. The highest BCUT2D eigenvalue weighted by molar-refractivity contribution is 7.92. The lowest BCUT2D eigenvalue weighted by molar-refractivity contribution is -0.119. The third kappa shape index (κ3) is 5.97. The summed E-state index contributed by atoms with van der Waals surface area (Å²) in [4.78, 5) is 24.8. The van der Waals surface area contributed by atoms with Crippen LogP contribution in [-0.4, -0.2) is 48.1 Å². The van der Waals surface area contributed by atoms with Crippen molar-refractivity contribution in [2.75, 3.05) is 42.8 Å². The van der Waals surface area contributed by atoms with Crippen LogP contribution in [0.4, 0.5) is 17.1 Å². The molecule has 0 radical (unpaired) electrons. The molecule has 0 saturated carbocycles. The largest absolute Gasteiger partial charge is 0.495 e. The first-order valence-corrected chi connectivity index (χ1v) is 12.0. The van der Waals surface area contributed by atoms with Crippen LogP contribution in [0.2, 0.25) is 0 Å². The number of amides is 2. The van der Waals surface area contributed by atoms with Gasteiger partial charge in [-0.25, -0.2) is 8.42 Å². The Labute approximate surface area is 204 Å². The number of rotatable bonds is 9. The molecule has 0 unspecified atom stereocenters. The number of nitrogens with zero attached hydrogens (tertiary/aromatic N) is 1. The van der Waals surface area contributed by atoms with Gasteiger partial charge in [0.1, 0.15) is 12.4 Å². The summed E-state index contributed by atoms with van der Waals surface area (Å²) in [5, 5.41) is 5.42. The Morgan fingerprint density at radius 2 is 1.60 bits per heavy atom. The average Bonchev–Trinajstić information content (AvgIpc) is 2.83. The van der Waals surface area contributed by atoms with Crippen molar-refractivity contribution in [2.24, 2.45) is 0 Å². The number of carbonyl (C=O) groups is 2. The normalized spacial score (nSPS) is 11.0. The summed E-state index contributed by atoms with van der Waals surface area (Å²) in [5.41, 5.74) is 2.09. The first-order valence-electron chi connectivity index (χ1n) is 10.6. The highest BCUT2D eigenvalue weighted by Gasteiger charge is 2.25. The van der Waals surface area contributed by atoms with E-state index in [-0.39, 0.29) is 23.0 Å². The number of nitrogens with one attached hydrogen (secondary N) is 2. The highest BCUT2D eigenvalue weighted by atomic mass is 32.2. The standard InChI is InChI=1S/C25H27N3O6S/c1-17-12-13-20(35(31,32)28(2)22-10-5-6-11-23(22)34-4)15-21(17)25(30)27-19-9-7-8-18(14-19)26-24(29)16-33-3/h5-15H,16H2,1-4H3,(H,26,29)(H,27,30). The van der Waals surface area contributed by atoms with E-state index in [1.165, 1.54) is 33.4 Å². The zero-order valence-corrected chi connectivity index (χ0v) is 20.7. The number of sulfonamides is 1. The first-order chi connectivity index (χ1) is 16.7. The molecule has 0 fully saturated rings. The molecule has 3 rings (SSSR count). The molecule has 35 heavy (non-hydrogen) atoms. The molecule has 3 aromatic rings. The average molecular weight is 498 g/mol. The summed E-state index contributed by atoms with van der Waals surface area (Å²) in [7, 11) is 0.326. The van der Waals surface area contributed by atoms with Crippen LogP contribution in [0.25, 0.3) is 0 Å². The van der Waals surface area contributed by atoms with Gasteiger partial charge in [-0.3, -0.25) is 13.9 Å². The summed E-state index contributed by atoms with van der Waals surface area (Å²) in [5.74, 6) is -0.412. The molecular formula is C25H27N3O6S. The Balaban J connectivity index is 1.87. The van der Waals surface area contributed by atoms with Crippen molar-refractivity contribution in [1.82, 2.24) is 0 Å². The number of hydrogen-bond donors (Lipinski definition) is 2. The minimum Gasteiger partial charge on any atom is -0.495 e. The van der Waals surface area contributed by atoms with Gasteiger partial charge in [0.05, 0.1) is 17.7 Å². The molecule has 0 aliphatic heterocycles. The summed E-state index contributed by atoms with van der Waals surface area (Å²) in [6, 6.07) is 17.8. The van der Waals surface area contributed by atoms with Crippen molar-refractivity contribution in [2.45, 2.75) is 11.8 Å². The third-order valence-electron chi connectivity index (χ3n) is 5.22. The van der Waals surface area contributed by atoms with Gasteiger partial charge in [-0.2, -0.15) is 0 Å². The van der Waals surface area contributed by atoms with Crippen LogP contribution in [-0.2, 0) is 19.6 Å². The van der Waals surface area contributed by atoms with E-state index < -0.39 is 15.9 Å². The SMILES string of the molecule is COCC(=O)Nc1cccc(NC(=O)c2cc(S(=O)(=O)N(C)c3ccccc3OC)ccc2C)c1. The maximum Gasteiger partial charge on any atom is 0.264 e. The van der Waals surface area contributed by atoms with Gasteiger partial charge < -0.3 is 20.1 Å². The quantitative estimate of drug-likeness (QED) is 0.466. The molecule has 2 amide bonds. The molecule has 0 spiro atoms. The maximum absolute atomic E-state index is 13.3. The molecule has 3 aromatic carbocycles. The lowest BCUT2D eigenvalue weighted by Crippen LogP contribution is -2.27. The van der Waals surface area contributed by atoms with Gasteiger partial charge >= 0.3 is 0 Å². The predicted molar refractivity (Wildman–Crippen MR) is 135 cm³/mol. The second kappa shape index (κ2) is 11.0. The van der Waals surface area contributed by atoms with Gasteiger partial charge in [0.25, 0.3) is 15.9 Å². The number of anilines is 3. The van der Waals surface area contributed by atoms with E-state index in [2.05, 4.69) is 10.6 Å². The maximum atomic E-state index is 13.3. The number of para-hydroxylation sites is 2. The Hall–Kier alpha value is -3.89. The van der Waals surface area contributed by atoms with E-state index in [0.29, 0.717) is 28.4 Å². The van der Waals surface area contributed by atoms with E-state index in [0.717, 1.165) is 4.31 Å². The van der Waals surface area contributed by atoms with Gasteiger partial charge in [-0.15, -0.1) is 0 Å². The summed E-state index contributed by atoms with van der Waals surface area (Å²) in [6.45, 7) is 1.62. The Kier molecular flexibility index (Phi) is 8.10. The second-order valence-electron chi connectivity index (χ2n) is 7.64. The monoisotopic (exact) mass is 497 g/mol. The Bertz CT molecular complexity index is 1340. The molecule has 0 aromatic heterocycles. The molecule has 9 nitrogen and oxygen atoms in total. The Morgan fingerprint density at radius 3 is 2.29 bits per heavy atom. The van der Waals surface area contributed by atoms with E-state index in [1.807, 2.05) is 0 Å².